The minimum absolute atomic E-state index is 0.113. The van der Waals surface area contributed by atoms with Gasteiger partial charge in [-0.05, 0) is 26.7 Å². The first-order valence-corrected chi connectivity index (χ1v) is 7.23. The van der Waals surface area contributed by atoms with Gasteiger partial charge in [0.25, 0.3) is 0 Å². The number of imide groups is 1. The topological polar surface area (TPSA) is 78.5 Å². The number of amides is 3. The molecule has 6 nitrogen and oxygen atoms in total. The highest BCUT2D eigenvalue weighted by Crippen LogP contribution is 2.12. The Bertz CT molecular complexity index is 384. The number of hydrogen-bond acceptors (Lipinski definition) is 4. The maximum atomic E-state index is 12.0. The summed E-state index contributed by atoms with van der Waals surface area (Å²) in [5.41, 5.74) is 0. The molecule has 0 bridgehead atoms. The third-order valence-corrected chi connectivity index (χ3v) is 3.60. The fourth-order valence-corrected chi connectivity index (χ4v) is 2.32. The summed E-state index contributed by atoms with van der Waals surface area (Å²) in [6.45, 7) is 5.77. The van der Waals surface area contributed by atoms with Crippen molar-refractivity contribution in [2.45, 2.75) is 64.6 Å². The van der Waals surface area contributed by atoms with Gasteiger partial charge in [-0.1, -0.05) is 13.3 Å². The second-order valence-corrected chi connectivity index (χ2v) is 5.47. The molecule has 0 aromatic heterocycles. The summed E-state index contributed by atoms with van der Waals surface area (Å²) in [6, 6.07) is -0.784. The molecular weight excluding hydrogens is 258 g/mol. The van der Waals surface area contributed by atoms with Gasteiger partial charge in [-0.15, -0.1) is 0 Å². The van der Waals surface area contributed by atoms with E-state index < -0.39 is 12.1 Å². The Morgan fingerprint density at radius 1 is 1.40 bits per heavy atom. The first kappa shape index (κ1) is 16.6. The minimum atomic E-state index is -0.458. The molecule has 1 rings (SSSR count). The monoisotopic (exact) mass is 283 g/mol. The van der Waals surface area contributed by atoms with Gasteiger partial charge in [-0.3, -0.25) is 24.6 Å². The SMILES string of the molecule is CCCC(C)NC(=O)C(C)NC1CCC(=O)N(C)C1=O. The molecule has 1 fully saturated rings. The van der Waals surface area contributed by atoms with Gasteiger partial charge >= 0.3 is 0 Å². The highest BCUT2D eigenvalue weighted by molar-refractivity contribution is 6.00. The van der Waals surface area contributed by atoms with E-state index in [1.54, 1.807) is 6.92 Å². The molecule has 0 saturated carbocycles. The summed E-state index contributed by atoms with van der Waals surface area (Å²) in [5, 5.41) is 5.92. The summed E-state index contributed by atoms with van der Waals surface area (Å²) < 4.78 is 0. The van der Waals surface area contributed by atoms with E-state index >= 15 is 0 Å². The van der Waals surface area contributed by atoms with Crippen molar-refractivity contribution < 1.29 is 14.4 Å². The molecule has 1 aliphatic heterocycles. The molecule has 1 saturated heterocycles. The van der Waals surface area contributed by atoms with E-state index in [2.05, 4.69) is 17.6 Å². The van der Waals surface area contributed by atoms with Crippen LogP contribution in [-0.2, 0) is 14.4 Å². The normalized spacial score (nSPS) is 22.6. The molecule has 1 aliphatic rings. The Labute approximate surface area is 120 Å². The second kappa shape index (κ2) is 7.38. The third-order valence-electron chi connectivity index (χ3n) is 3.60. The quantitative estimate of drug-likeness (QED) is 0.692. The lowest BCUT2D eigenvalue weighted by Crippen LogP contribution is -2.56. The summed E-state index contributed by atoms with van der Waals surface area (Å²) in [4.78, 5) is 36.4. The summed E-state index contributed by atoms with van der Waals surface area (Å²) in [6.07, 6.45) is 2.72. The molecule has 20 heavy (non-hydrogen) atoms. The number of rotatable bonds is 6. The fourth-order valence-electron chi connectivity index (χ4n) is 2.32. The maximum Gasteiger partial charge on any atom is 0.246 e. The highest BCUT2D eigenvalue weighted by atomic mass is 16.2. The Balaban J connectivity index is 2.49. The van der Waals surface area contributed by atoms with Crippen LogP contribution in [-0.4, -0.2) is 47.8 Å². The number of likely N-dealkylation sites (N-methyl/N-ethyl adjacent to an activating group) is 1. The molecule has 114 valence electrons. The van der Waals surface area contributed by atoms with Gasteiger partial charge in [0.15, 0.2) is 0 Å². The minimum Gasteiger partial charge on any atom is -0.352 e. The molecule has 0 aromatic rings. The van der Waals surface area contributed by atoms with E-state index in [9.17, 15) is 14.4 Å². The zero-order valence-electron chi connectivity index (χ0n) is 12.7. The van der Waals surface area contributed by atoms with Crippen LogP contribution >= 0.6 is 0 Å². The average Bonchev–Trinajstić information content (AvgIpc) is 2.39. The van der Waals surface area contributed by atoms with Gasteiger partial charge in [-0.2, -0.15) is 0 Å². The lowest BCUT2D eigenvalue weighted by molar-refractivity contribution is -0.148. The number of piperidine rings is 1. The second-order valence-electron chi connectivity index (χ2n) is 5.47. The standard InChI is InChI=1S/C14H25N3O3/c1-5-6-9(2)15-13(19)10(3)16-11-7-8-12(18)17(4)14(11)20/h9-11,16H,5-8H2,1-4H3,(H,15,19). The molecular formula is C14H25N3O3. The highest BCUT2D eigenvalue weighted by Gasteiger charge is 2.33. The molecule has 6 heteroatoms. The molecule has 3 atom stereocenters. The Kier molecular flexibility index (Phi) is 6.13. The van der Waals surface area contributed by atoms with Crippen molar-refractivity contribution in [2.75, 3.05) is 7.05 Å². The Hall–Kier alpha value is -1.43. The van der Waals surface area contributed by atoms with E-state index in [0.717, 1.165) is 17.7 Å². The zero-order chi connectivity index (χ0) is 15.3. The van der Waals surface area contributed by atoms with Crippen molar-refractivity contribution in [1.82, 2.24) is 15.5 Å². The summed E-state index contributed by atoms with van der Waals surface area (Å²) in [7, 11) is 1.48. The van der Waals surface area contributed by atoms with Crippen LogP contribution in [0.1, 0.15) is 46.5 Å². The molecule has 0 radical (unpaired) electrons. The predicted octanol–water partition coefficient (Wildman–Crippen LogP) is 0.417. The van der Waals surface area contributed by atoms with Crippen LogP contribution < -0.4 is 10.6 Å². The fraction of sp³-hybridized carbons (Fsp3) is 0.786. The van der Waals surface area contributed by atoms with Crippen molar-refractivity contribution in [1.29, 1.82) is 0 Å². The number of carbonyl (C=O) groups excluding carboxylic acids is 3. The Morgan fingerprint density at radius 2 is 2.05 bits per heavy atom. The van der Waals surface area contributed by atoms with Crippen molar-refractivity contribution in [3.05, 3.63) is 0 Å². The molecule has 1 heterocycles. The van der Waals surface area contributed by atoms with Crippen LogP contribution in [0.5, 0.6) is 0 Å². The van der Waals surface area contributed by atoms with E-state index in [4.69, 9.17) is 0 Å². The van der Waals surface area contributed by atoms with Gasteiger partial charge in [0.2, 0.25) is 17.7 Å². The van der Waals surface area contributed by atoms with E-state index in [1.807, 2.05) is 6.92 Å². The van der Waals surface area contributed by atoms with Crippen molar-refractivity contribution in [2.24, 2.45) is 0 Å². The van der Waals surface area contributed by atoms with Crippen molar-refractivity contribution in [3.63, 3.8) is 0 Å². The molecule has 3 unspecified atom stereocenters. The molecule has 0 aliphatic carbocycles. The zero-order valence-corrected chi connectivity index (χ0v) is 12.7. The molecule has 2 N–H and O–H groups in total. The lowest BCUT2D eigenvalue weighted by Gasteiger charge is -2.30. The van der Waals surface area contributed by atoms with Gasteiger partial charge in [0, 0.05) is 19.5 Å². The largest absolute Gasteiger partial charge is 0.352 e. The van der Waals surface area contributed by atoms with E-state index in [1.165, 1.54) is 7.05 Å². The third kappa shape index (κ3) is 4.30. The van der Waals surface area contributed by atoms with Crippen LogP contribution in [0.2, 0.25) is 0 Å². The summed E-state index contributed by atoms with van der Waals surface area (Å²) >= 11 is 0. The summed E-state index contributed by atoms with van der Waals surface area (Å²) in [5.74, 6) is -0.539. The number of likely N-dealkylation sites (tertiary alicyclic amines) is 1. The predicted molar refractivity (Wildman–Crippen MR) is 75.9 cm³/mol. The van der Waals surface area contributed by atoms with Crippen molar-refractivity contribution >= 4 is 17.7 Å². The van der Waals surface area contributed by atoms with Gasteiger partial charge < -0.3 is 5.32 Å². The number of carbonyl (C=O) groups is 3. The van der Waals surface area contributed by atoms with Crippen LogP contribution in [0, 0.1) is 0 Å². The Morgan fingerprint density at radius 3 is 2.65 bits per heavy atom. The van der Waals surface area contributed by atoms with Gasteiger partial charge in [0.05, 0.1) is 12.1 Å². The average molecular weight is 283 g/mol. The number of hydrogen-bond donors (Lipinski definition) is 2. The van der Waals surface area contributed by atoms with Crippen LogP contribution in [0.25, 0.3) is 0 Å². The smallest absolute Gasteiger partial charge is 0.246 e. The van der Waals surface area contributed by atoms with Crippen LogP contribution in [0.3, 0.4) is 0 Å². The van der Waals surface area contributed by atoms with E-state index in [-0.39, 0.29) is 23.8 Å². The lowest BCUT2D eigenvalue weighted by atomic mass is 10.0. The van der Waals surface area contributed by atoms with Crippen molar-refractivity contribution in [3.8, 4) is 0 Å². The van der Waals surface area contributed by atoms with Crippen LogP contribution in [0.15, 0.2) is 0 Å². The van der Waals surface area contributed by atoms with Gasteiger partial charge in [0.1, 0.15) is 0 Å². The number of nitrogens with one attached hydrogen (secondary N) is 2. The van der Waals surface area contributed by atoms with Crippen LogP contribution in [0.4, 0.5) is 0 Å². The molecule has 0 aromatic carbocycles. The molecule has 3 amide bonds. The molecule has 0 spiro atoms. The van der Waals surface area contributed by atoms with E-state index in [0.29, 0.717) is 12.8 Å². The first-order chi connectivity index (χ1) is 9.36. The number of nitrogens with zero attached hydrogens (tertiary/aromatic N) is 1. The maximum absolute atomic E-state index is 12.0. The first-order valence-electron chi connectivity index (χ1n) is 7.23. The van der Waals surface area contributed by atoms with Gasteiger partial charge in [-0.25, -0.2) is 0 Å².